The first-order valence-electron chi connectivity index (χ1n) is 26.6. The maximum Gasteiger partial charge on any atom is 0.362 e. The van der Waals surface area contributed by atoms with Crippen molar-refractivity contribution in [2.75, 3.05) is 41.0 Å². The molecule has 0 aromatic carbocycles. The molecule has 0 amide bonds. The van der Waals surface area contributed by atoms with E-state index in [1.54, 1.807) is 0 Å². The van der Waals surface area contributed by atoms with Gasteiger partial charge >= 0.3 is 17.9 Å². The van der Waals surface area contributed by atoms with Crippen LogP contribution in [0.25, 0.3) is 0 Å². The van der Waals surface area contributed by atoms with Crippen LogP contribution in [0.2, 0.25) is 0 Å². The molecule has 0 radical (unpaired) electrons. The van der Waals surface area contributed by atoms with Gasteiger partial charge in [0.2, 0.25) is 0 Å². The molecule has 0 aromatic heterocycles. The SMILES string of the molecule is CC/C=C/C/C=C/C/C=C/C/C=C/C/C=C/C/C=C/CCCCCCC(=O)OC(COCCC(C(=O)O)[N+](C)(C)C)COC(=O)CCCCCCCCC/C=C/CCCCCCCCCC. The van der Waals surface area contributed by atoms with Crippen LogP contribution in [0.4, 0.5) is 0 Å². The van der Waals surface area contributed by atoms with Gasteiger partial charge in [-0.2, -0.15) is 0 Å². The predicted octanol–water partition coefficient (Wildman–Crippen LogP) is 15.6. The maximum absolute atomic E-state index is 12.8. The van der Waals surface area contributed by atoms with Crippen molar-refractivity contribution in [3.05, 3.63) is 85.1 Å². The molecular weight excluding hydrogens is 823 g/mol. The largest absolute Gasteiger partial charge is 0.477 e. The fourth-order valence-electron chi connectivity index (χ4n) is 7.44. The number of carboxylic acids is 1. The maximum atomic E-state index is 12.8. The summed E-state index contributed by atoms with van der Waals surface area (Å²) in [4.78, 5) is 37.2. The lowest BCUT2D eigenvalue weighted by Gasteiger charge is -2.31. The first-order chi connectivity index (χ1) is 32.1. The zero-order chi connectivity index (χ0) is 48.4. The van der Waals surface area contributed by atoms with Crippen LogP contribution in [0.3, 0.4) is 0 Å². The second-order valence-corrected chi connectivity index (χ2v) is 18.7. The number of rotatable bonds is 47. The number of unbranched alkanes of at least 4 members (excludes halogenated alkanes) is 19. The standard InChI is InChI=1S/C58H99NO7/c1-6-8-10-12-14-16-18-20-22-24-26-27-28-29-31-33-35-37-39-41-43-45-47-49-57(61)66-54(52-64-51-50-55(58(62)63)59(3,4)5)53-65-56(60)48-46-44-42-40-38-36-34-32-30-25-23-21-19-17-15-13-11-9-7-2/h8,10,14,16,20,22,25-27,29-31,35,37,54-55H,6-7,9,11-13,15,17-19,21,23-24,28,32-34,36,38-53H2,1-5H3/p+1/b10-8+,16-14+,22-20+,27-26+,30-25+,31-29+,37-35+. The summed E-state index contributed by atoms with van der Waals surface area (Å²) in [5.41, 5.74) is 0. The molecule has 2 unspecified atom stereocenters. The Kier molecular flexibility index (Phi) is 45.4. The normalized spacial score (nSPS) is 13.5. The van der Waals surface area contributed by atoms with Crippen LogP contribution in [0.1, 0.15) is 213 Å². The van der Waals surface area contributed by atoms with Crippen LogP contribution < -0.4 is 0 Å². The van der Waals surface area contributed by atoms with Crippen LogP contribution in [-0.2, 0) is 28.6 Å². The van der Waals surface area contributed by atoms with Crippen LogP contribution in [-0.4, -0.2) is 80.6 Å². The Morgan fingerprint density at radius 1 is 0.470 bits per heavy atom. The molecule has 0 bridgehead atoms. The highest BCUT2D eigenvalue weighted by Crippen LogP contribution is 2.14. The third-order valence-electron chi connectivity index (χ3n) is 11.5. The average molecular weight is 923 g/mol. The minimum Gasteiger partial charge on any atom is -0.477 e. The minimum atomic E-state index is -0.882. The summed E-state index contributed by atoms with van der Waals surface area (Å²) < 4.78 is 17.3. The lowest BCUT2D eigenvalue weighted by molar-refractivity contribution is -0.887. The van der Waals surface area contributed by atoms with Crippen LogP contribution in [0.15, 0.2) is 85.1 Å². The van der Waals surface area contributed by atoms with Gasteiger partial charge in [0.15, 0.2) is 12.1 Å². The van der Waals surface area contributed by atoms with Crippen molar-refractivity contribution in [1.82, 2.24) is 0 Å². The van der Waals surface area contributed by atoms with Gasteiger partial charge in [-0.1, -0.05) is 189 Å². The Hall–Kier alpha value is -3.49. The van der Waals surface area contributed by atoms with Gasteiger partial charge in [-0.25, -0.2) is 4.79 Å². The number of carbonyl (C=O) groups is 3. The molecular formula is C58H100NO7+. The number of carbonyl (C=O) groups excluding carboxylic acids is 2. The topological polar surface area (TPSA) is 99.1 Å². The molecule has 0 aliphatic carbocycles. The van der Waals surface area contributed by atoms with Crippen LogP contribution in [0.5, 0.6) is 0 Å². The molecule has 0 aromatic rings. The van der Waals surface area contributed by atoms with Gasteiger partial charge in [0.1, 0.15) is 6.61 Å². The number of allylic oxidation sites excluding steroid dienone is 14. The zero-order valence-electron chi connectivity index (χ0n) is 43.1. The second kappa shape index (κ2) is 48.0. The number of esters is 2. The Bertz CT molecular complexity index is 1350. The van der Waals surface area contributed by atoms with E-state index in [9.17, 15) is 19.5 Å². The summed E-state index contributed by atoms with van der Waals surface area (Å²) in [6.45, 7) is 4.60. The summed E-state index contributed by atoms with van der Waals surface area (Å²) in [5, 5.41) is 9.66. The molecule has 8 heteroatoms. The number of hydrogen-bond acceptors (Lipinski definition) is 6. The van der Waals surface area contributed by atoms with E-state index in [0.717, 1.165) is 89.9 Å². The van der Waals surface area contributed by atoms with Crippen molar-refractivity contribution in [1.29, 1.82) is 0 Å². The number of aliphatic carboxylic acids is 1. The third kappa shape index (κ3) is 45.7. The monoisotopic (exact) mass is 923 g/mol. The van der Waals surface area contributed by atoms with E-state index in [-0.39, 0.29) is 36.2 Å². The summed E-state index contributed by atoms with van der Waals surface area (Å²) in [5.74, 6) is -1.51. The summed E-state index contributed by atoms with van der Waals surface area (Å²) in [6.07, 6.45) is 63.5. The van der Waals surface area contributed by atoms with Crippen molar-refractivity contribution in [2.24, 2.45) is 0 Å². The molecule has 378 valence electrons. The van der Waals surface area contributed by atoms with Crippen molar-refractivity contribution in [2.45, 2.75) is 225 Å². The number of nitrogens with zero attached hydrogens (tertiary/aromatic N) is 1. The molecule has 0 spiro atoms. The van der Waals surface area contributed by atoms with Gasteiger partial charge in [0.25, 0.3) is 0 Å². The van der Waals surface area contributed by atoms with E-state index in [0.29, 0.717) is 19.3 Å². The number of ether oxygens (including phenoxy) is 3. The smallest absolute Gasteiger partial charge is 0.362 e. The van der Waals surface area contributed by atoms with E-state index in [2.05, 4.69) is 98.9 Å². The van der Waals surface area contributed by atoms with E-state index >= 15 is 0 Å². The van der Waals surface area contributed by atoms with Crippen LogP contribution in [0, 0.1) is 0 Å². The van der Waals surface area contributed by atoms with E-state index < -0.39 is 18.1 Å². The lowest BCUT2D eigenvalue weighted by atomic mass is 10.1. The molecule has 0 saturated carbocycles. The quantitative estimate of drug-likeness (QED) is 0.0281. The van der Waals surface area contributed by atoms with E-state index in [4.69, 9.17) is 14.2 Å². The van der Waals surface area contributed by atoms with Gasteiger partial charge in [0, 0.05) is 19.3 Å². The summed E-state index contributed by atoms with van der Waals surface area (Å²) in [6, 6.07) is -0.625. The summed E-state index contributed by atoms with van der Waals surface area (Å²) >= 11 is 0. The molecule has 2 atom stereocenters. The van der Waals surface area contributed by atoms with Gasteiger partial charge < -0.3 is 23.8 Å². The fourth-order valence-corrected chi connectivity index (χ4v) is 7.44. The highest BCUT2D eigenvalue weighted by atomic mass is 16.6. The Morgan fingerprint density at radius 2 is 0.848 bits per heavy atom. The molecule has 8 nitrogen and oxygen atoms in total. The Morgan fingerprint density at radius 3 is 1.27 bits per heavy atom. The van der Waals surface area contributed by atoms with Crippen molar-refractivity contribution in [3.8, 4) is 0 Å². The zero-order valence-corrected chi connectivity index (χ0v) is 43.1. The third-order valence-corrected chi connectivity index (χ3v) is 11.5. The van der Waals surface area contributed by atoms with Gasteiger partial charge in [-0.05, 0) is 89.9 Å². The van der Waals surface area contributed by atoms with Gasteiger partial charge in [-0.3, -0.25) is 9.59 Å². The predicted molar refractivity (Wildman–Crippen MR) is 280 cm³/mol. The van der Waals surface area contributed by atoms with E-state index in [1.165, 1.54) is 89.9 Å². The van der Waals surface area contributed by atoms with Crippen molar-refractivity contribution >= 4 is 17.9 Å². The Labute approximate surface area is 405 Å². The van der Waals surface area contributed by atoms with Gasteiger partial charge in [-0.15, -0.1) is 0 Å². The molecule has 1 N–H and O–H groups in total. The lowest BCUT2D eigenvalue weighted by Crippen LogP contribution is -2.50. The summed E-state index contributed by atoms with van der Waals surface area (Å²) in [7, 11) is 5.52. The first kappa shape index (κ1) is 62.5. The number of quaternary nitrogens is 1. The number of hydrogen-bond donors (Lipinski definition) is 1. The molecule has 0 heterocycles. The van der Waals surface area contributed by atoms with Crippen molar-refractivity contribution in [3.63, 3.8) is 0 Å². The molecule has 0 rings (SSSR count). The highest BCUT2D eigenvalue weighted by Gasteiger charge is 2.31. The first-order valence-corrected chi connectivity index (χ1v) is 26.6. The Balaban J connectivity index is 4.31. The number of likely N-dealkylation sites (N-methyl/N-ethyl adjacent to an activating group) is 1. The number of carboxylic acid groups (broad SMARTS) is 1. The molecule has 0 aliphatic rings. The highest BCUT2D eigenvalue weighted by molar-refractivity contribution is 5.72. The minimum absolute atomic E-state index is 0.0451. The average Bonchev–Trinajstić information content (AvgIpc) is 3.28. The van der Waals surface area contributed by atoms with Gasteiger partial charge in [0.05, 0.1) is 34.4 Å². The molecule has 0 saturated heterocycles. The molecule has 0 aliphatic heterocycles. The van der Waals surface area contributed by atoms with Crippen molar-refractivity contribution < 1.29 is 38.2 Å². The molecule has 0 fully saturated rings. The second-order valence-electron chi connectivity index (χ2n) is 18.7. The van der Waals surface area contributed by atoms with E-state index in [1.807, 2.05) is 21.1 Å². The fraction of sp³-hybridized carbons (Fsp3) is 0.707. The molecule has 66 heavy (non-hydrogen) atoms. The van der Waals surface area contributed by atoms with Crippen LogP contribution >= 0.6 is 0 Å².